The lowest BCUT2D eigenvalue weighted by atomic mass is 9.96. The summed E-state index contributed by atoms with van der Waals surface area (Å²) in [6.07, 6.45) is -0.0328. The summed E-state index contributed by atoms with van der Waals surface area (Å²) in [6, 6.07) is 14.0. The van der Waals surface area contributed by atoms with E-state index in [1.165, 1.54) is 0 Å². The zero-order chi connectivity index (χ0) is 20.2. The van der Waals surface area contributed by atoms with Gasteiger partial charge < -0.3 is 10.1 Å². The lowest BCUT2D eigenvalue weighted by Crippen LogP contribution is -2.26. The van der Waals surface area contributed by atoms with Crippen LogP contribution in [0.2, 0.25) is 5.02 Å². The van der Waals surface area contributed by atoms with Gasteiger partial charge in [0, 0.05) is 40.2 Å². The molecule has 1 aromatic heterocycles. The molecular weight excluding hydrogens is 410 g/mol. The van der Waals surface area contributed by atoms with Crippen LogP contribution in [0.4, 0.5) is 0 Å². The van der Waals surface area contributed by atoms with E-state index in [2.05, 4.69) is 26.0 Å². The van der Waals surface area contributed by atoms with Gasteiger partial charge in [-0.15, -0.1) is 11.8 Å². The highest BCUT2D eigenvalue weighted by atomic mass is 35.5. The molecule has 1 unspecified atom stereocenters. The second-order valence-electron chi connectivity index (χ2n) is 7.02. The van der Waals surface area contributed by atoms with Crippen LogP contribution in [0.1, 0.15) is 17.2 Å². The molecule has 1 fully saturated rings. The van der Waals surface area contributed by atoms with Crippen molar-refractivity contribution in [1.82, 2.24) is 15.5 Å². The molecule has 0 radical (unpaired) electrons. The Labute approximate surface area is 178 Å². The van der Waals surface area contributed by atoms with Gasteiger partial charge in [0.05, 0.1) is 12.7 Å². The molecule has 8 heteroatoms. The van der Waals surface area contributed by atoms with Gasteiger partial charge in [0.25, 0.3) is 0 Å². The molecule has 0 aliphatic carbocycles. The number of aromatic nitrogens is 2. The summed E-state index contributed by atoms with van der Waals surface area (Å²) in [5.41, 5.74) is 3.01. The SMILES string of the molecule is Cc1ccc([C@@H]2OCCNCC2CSc2ccccc2-c2noc(=O)[nH]2)cc1Cl. The minimum absolute atomic E-state index is 0.0328. The third-order valence-electron chi connectivity index (χ3n) is 4.97. The van der Waals surface area contributed by atoms with Gasteiger partial charge in [0.2, 0.25) is 0 Å². The first kappa shape index (κ1) is 20.2. The predicted octanol–water partition coefficient (Wildman–Crippen LogP) is 4.06. The van der Waals surface area contributed by atoms with Crippen molar-refractivity contribution >= 4 is 23.4 Å². The Morgan fingerprint density at radius 1 is 1.28 bits per heavy atom. The van der Waals surface area contributed by atoms with Crippen molar-refractivity contribution in [2.75, 3.05) is 25.4 Å². The fraction of sp³-hybridized carbons (Fsp3) is 0.333. The van der Waals surface area contributed by atoms with Gasteiger partial charge in [-0.2, -0.15) is 0 Å². The number of ether oxygens (including phenoxy) is 1. The summed E-state index contributed by atoms with van der Waals surface area (Å²) in [7, 11) is 0. The number of aromatic amines is 1. The molecule has 2 atom stereocenters. The number of benzene rings is 2. The molecule has 0 spiro atoms. The van der Waals surface area contributed by atoms with Crippen LogP contribution >= 0.6 is 23.4 Å². The number of rotatable bonds is 5. The van der Waals surface area contributed by atoms with Crippen LogP contribution in [0.15, 0.2) is 56.7 Å². The Morgan fingerprint density at radius 2 is 2.14 bits per heavy atom. The summed E-state index contributed by atoms with van der Waals surface area (Å²) >= 11 is 8.08. The van der Waals surface area contributed by atoms with Crippen molar-refractivity contribution in [3.05, 3.63) is 69.2 Å². The third kappa shape index (κ3) is 4.75. The highest BCUT2D eigenvalue weighted by Gasteiger charge is 2.27. The Kier molecular flexibility index (Phi) is 6.40. The van der Waals surface area contributed by atoms with Crippen LogP contribution in [0.3, 0.4) is 0 Å². The second-order valence-corrected chi connectivity index (χ2v) is 8.48. The van der Waals surface area contributed by atoms with Gasteiger partial charge in [-0.1, -0.05) is 47.1 Å². The molecule has 2 aromatic carbocycles. The molecule has 0 amide bonds. The minimum atomic E-state index is -0.558. The summed E-state index contributed by atoms with van der Waals surface area (Å²) < 4.78 is 10.9. The Balaban J connectivity index is 1.56. The third-order valence-corrected chi connectivity index (χ3v) is 6.64. The molecule has 0 bridgehead atoms. The first-order valence-corrected chi connectivity index (χ1v) is 10.8. The van der Waals surface area contributed by atoms with E-state index in [9.17, 15) is 4.79 Å². The van der Waals surface area contributed by atoms with Crippen molar-refractivity contribution in [1.29, 1.82) is 0 Å². The van der Waals surface area contributed by atoms with E-state index in [4.69, 9.17) is 16.3 Å². The molecule has 4 rings (SSSR count). The van der Waals surface area contributed by atoms with Crippen LogP contribution < -0.4 is 11.1 Å². The molecule has 29 heavy (non-hydrogen) atoms. The van der Waals surface area contributed by atoms with Gasteiger partial charge in [0.1, 0.15) is 0 Å². The zero-order valence-electron chi connectivity index (χ0n) is 16.0. The highest BCUT2D eigenvalue weighted by molar-refractivity contribution is 7.99. The van der Waals surface area contributed by atoms with E-state index in [-0.39, 0.29) is 12.0 Å². The Hall–Kier alpha value is -2.06. The maximum Gasteiger partial charge on any atom is 0.439 e. The maximum atomic E-state index is 11.3. The summed E-state index contributed by atoms with van der Waals surface area (Å²) in [4.78, 5) is 15.0. The zero-order valence-corrected chi connectivity index (χ0v) is 17.6. The highest BCUT2D eigenvalue weighted by Crippen LogP contribution is 2.36. The van der Waals surface area contributed by atoms with E-state index in [1.807, 2.05) is 43.3 Å². The average Bonchev–Trinajstić information content (AvgIpc) is 3.02. The number of aryl methyl sites for hydroxylation is 1. The maximum absolute atomic E-state index is 11.3. The second kappa shape index (κ2) is 9.17. The lowest BCUT2D eigenvalue weighted by molar-refractivity contribution is 0.0374. The van der Waals surface area contributed by atoms with E-state index in [1.54, 1.807) is 11.8 Å². The van der Waals surface area contributed by atoms with Crippen LogP contribution in [0, 0.1) is 12.8 Å². The number of hydrogen-bond donors (Lipinski definition) is 2. The first-order chi connectivity index (χ1) is 14.1. The van der Waals surface area contributed by atoms with Crippen molar-refractivity contribution < 1.29 is 9.26 Å². The fourth-order valence-corrected chi connectivity index (χ4v) is 4.79. The fourth-order valence-electron chi connectivity index (χ4n) is 3.42. The van der Waals surface area contributed by atoms with E-state index < -0.39 is 5.76 Å². The molecular formula is C21H22ClN3O3S. The van der Waals surface area contributed by atoms with Crippen LogP contribution in [-0.2, 0) is 4.74 Å². The molecule has 152 valence electrons. The lowest BCUT2D eigenvalue weighted by Gasteiger charge is -2.25. The molecule has 6 nitrogen and oxygen atoms in total. The topological polar surface area (TPSA) is 80.2 Å². The van der Waals surface area contributed by atoms with Crippen LogP contribution in [0.5, 0.6) is 0 Å². The van der Waals surface area contributed by atoms with Gasteiger partial charge in [-0.3, -0.25) is 9.51 Å². The van der Waals surface area contributed by atoms with Crippen LogP contribution in [-0.4, -0.2) is 35.6 Å². The molecule has 1 aliphatic rings. The van der Waals surface area contributed by atoms with Gasteiger partial charge >= 0.3 is 5.76 Å². The van der Waals surface area contributed by atoms with Crippen molar-refractivity contribution in [3.8, 4) is 11.4 Å². The first-order valence-electron chi connectivity index (χ1n) is 9.48. The largest absolute Gasteiger partial charge is 0.439 e. The van der Waals surface area contributed by atoms with Gasteiger partial charge in [0.15, 0.2) is 5.82 Å². The minimum Gasteiger partial charge on any atom is -0.372 e. The number of hydrogen-bond acceptors (Lipinski definition) is 6. The van der Waals surface area contributed by atoms with E-state index in [0.29, 0.717) is 12.4 Å². The van der Waals surface area contributed by atoms with Crippen molar-refractivity contribution in [3.63, 3.8) is 0 Å². The number of thioether (sulfide) groups is 1. The van der Waals surface area contributed by atoms with Crippen LogP contribution in [0.25, 0.3) is 11.4 Å². The molecule has 2 heterocycles. The Bertz CT molecular complexity index is 1040. The monoisotopic (exact) mass is 431 g/mol. The van der Waals surface area contributed by atoms with E-state index >= 15 is 0 Å². The Morgan fingerprint density at radius 3 is 2.93 bits per heavy atom. The van der Waals surface area contributed by atoms with Gasteiger partial charge in [-0.05, 0) is 30.2 Å². The van der Waals surface area contributed by atoms with Crippen molar-refractivity contribution in [2.24, 2.45) is 5.92 Å². The molecule has 1 aliphatic heterocycles. The summed E-state index contributed by atoms with van der Waals surface area (Å²) in [5.74, 6) is 0.973. The smallest absolute Gasteiger partial charge is 0.372 e. The molecule has 1 saturated heterocycles. The number of H-pyrrole nitrogens is 1. The number of nitrogens with zero attached hydrogens (tertiary/aromatic N) is 1. The molecule has 0 saturated carbocycles. The standard InChI is InChI=1S/C21H22ClN3O3S/c1-13-6-7-14(10-17(13)22)19-15(11-23-8-9-27-19)12-29-18-5-3-2-4-16(18)20-24-21(26)28-25-20/h2-7,10,15,19,23H,8-9,11-12H2,1H3,(H,24,25,26)/t15?,19-/m0/s1. The van der Waals surface area contributed by atoms with E-state index in [0.717, 1.165) is 45.5 Å². The number of halogens is 1. The molecule has 3 aromatic rings. The summed E-state index contributed by atoms with van der Waals surface area (Å²) in [5, 5.41) is 8.05. The predicted molar refractivity (Wildman–Crippen MR) is 115 cm³/mol. The normalized spacial score (nSPS) is 19.8. The molecule has 2 N–H and O–H groups in total. The quantitative estimate of drug-likeness (QED) is 0.593. The number of nitrogens with one attached hydrogen (secondary N) is 2. The average molecular weight is 432 g/mol. The van der Waals surface area contributed by atoms with Gasteiger partial charge in [-0.25, -0.2) is 4.79 Å². The van der Waals surface area contributed by atoms with Crippen molar-refractivity contribution in [2.45, 2.75) is 17.9 Å². The summed E-state index contributed by atoms with van der Waals surface area (Å²) in [6.45, 7) is 4.34.